The van der Waals surface area contributed by atoms with Crippen LogP contribution in [0.25, 0.3) is 0 Å². The monoisotopic (exact) mass is 394 g/mol. The van der Waals surface area contributed by atoms with Gasteiger partial charge in [-0.05, 0) is 35.4 Å². The minimum Gasteiger partial charge on any atom is -0.427 e. The molecule has 0 radical (unpaired) electrons. The Morgan fingerprint density at radius 3 is 1.93 bits per heavy atom. The fourth-order valence-corrected chi connectivity index (χ4v) is 3.29. The van der Waals surface area contributed by atoms with Crippen molar-refractivity contribution in [2.45, 2.75) is 19.3 Å². The molecule has 150 valence electrons. The van der Waals surface area contributed by atoms with E-state index < -0.39 is 12.3 Å². The summed E-state index contributed by atoms with van der Waals surface area (Å²) in [5, 5.41) is 3.29. The summed E-state index contributed by atoms with van der Waals surface area (Å²) in [4.78, 5) is 13.4. The van der Waals surface area contributed by atoms with E-state index in [1.807, 2.05) is 12.1 Å². The van der Waals surface area contributed by atoms with Crippen LogP contribution in [0.5, 0.6) is 11.5 Å². The third kappa shape index (κ3) is 5.46. The molecule has 8 heteroatoms. The maximum absolute atomic E-state index is 12.4. The van der Waals surface area contributed by atoms with Gasteiger partial charge in [-0.2, -0.15) is 0 Å². The first-order valence-corrected chi connectivity index (χ1v) is 8.91. The Morgan fingerprint density at radius 2 is 1.46 bits per heavy atom. The molecule has 0 aliphatic carbocycles. The summed E-state index contributed by atoms with van der Waals surface area (Å²) in [5.41, 5.74) is 1.82. The minimum atomic E-state index is -4.72. The first-order valence-electron chi connectivity index (χ1n) is 8.91. The molecule has 0 unspecified atom stereocenters. The highest BCUT2D eigenvalue weighted by Gasteiger charge is 2.31. The SMILES string of the molecule is CC(=O)Oc1ccc([C@H](c2ccc(OC(F)(F)F)cc2)N2CCNCC2)cc1. The lowest BCUT2D eigenvalue weighted by Crippen LogP contribution is -2.45. The number of alkyl halides is 3. The highest BCUT2D eigenvalue weighted by molar-refractivity contribution is 5.69. The predicted octanol–water partition coefficient (Wildman–Crippen LogP) is 3.51. The molecule has 1 fully saturated rings. The van der Waals surface area contributed by atoms with Crippen LogP contribution in [0, 0.1) is 0 Å². The van der Waals surface area contributed by atoms with Crippen LogP contribution in [-0.4, -0.2) is 43.4 Å². The van der Waals surface area contributed by atoms with Crippen molar-refractivity contribution in [3.8, 4) is 11.5 Å². The van der Waals surface area contributed by atoms with Gasteiger partial charge in [-0.1, -0.05) is 24.3 Å². The highest BCUT2D eigenvalue weighted by Crippen LogP contribution is 2.32. The largest absolute Gasteiger partial charge is 0.573 e. The lowest BCUT2D eigenvalue weighted by atomic mass is 9.96. The first kappa shape index (κ1) is 20.2. The zero-order valence-corrected chi connectivity index (χ0v) is 15.3. The second-order valence-electron chi connectivity index (χ2n) is 6.47. The molecule has 1 atom stereocenters. The number of hydrogen-bond acceptors (Lipinski definition) is 5. The van der Waals surface area contributed by atoms with Crippen LogP contribution >= 0.6 is 0 Å². The molecule has 1 saturated heterocycles. The molecule has 0 amide bonds. The van der Waals surface area contributed by atoms with E-state index in [1.165, 1.54) is 19.1 Å². The van der Waals surface area contributed by atoms with Crippen molar-refractivity contribution in [1.29, 1.82) is 0 Å². The molecular weight excluding hydrogens is 373 g/mol. The van der Waals surface area contributed by atoms with Crippen molar-refractivity contribution in [2.75, 3.05) is 26.2 Å². The number of piperazine rings is 1. The molecule has 2 aromatic carbocycles. The van der Waals surface area contributed by atoms with Crippen LogP contribution < -0.4 is 14.8 Å². The van der Waals surface area contributed by atoms with Gasteiger partial charge in [-0.15, -0.1) is 13.2 Å². The Kier molecular flexibility index (Phi) is 6.21. The molecule has 0 aromatic heterocycles. The van der Waals surface area contributed by atoms with Crippen LogP contribution in [0.1, 0.15) is 24.1 Å². The normalized spacial score (nSPS) is 16.4. The molecule has 1 N–H and O–H groups in total. The van der Waals surface area contributed by atoms with Crippen LogP contribution in [-0.2, 0) is 4.79 Å². The molecule has 2 aromatic rings. The van der Waals surface area contributed by atoms with E-state index in [0.717, 1.165) is 37.3 Å². The lowest BCUT2D eigenvalue weighted by molar-refractivity contribution is -0.274. The standard InChI is InChI=1S/C20H21F3N2O3/c1-14(26)27-17-6-2-15(3-7-17)19(25-12-10-24-11-13-25)16-4-8-18(9-5-16)28-20(21,22)23/h2-9,19,24H,10-13H2,1H3/t19-/m1/s1. The van der Waals surface area contributed by atoms with Gasteiger partial charge in [-0.3, -0.25) is 9.69 Å². The highest BCUT2D eigenvalue weighted by atomic mass is 19.4. The van der Waals surface area contributed by atoms with Crippen LogP contribution in [0.4, 0.5) is 13.2 Å². The predicted molar refractivity (Wildman–Crippen MR) is 97.2 cm³/mol. The number of nitrogens with one attached hydrogen (secondary N) is 1. The summed E-state index contributed by atoms with van der Waals surface area (Å²) in [5.74, 6) is -0.198. The summed E-state index contributed by atoms with van der Waals surface area (Å²) >= 11 is 0. The number of carbonyl (C=O) groups is 1. The van der Waals surface area contributed by atoms with Crippen molar-refractivity contribution >= 4 is 5.97 Å². The third-order valence-electron chi connectivity index (χ3n) is 4.40. The van der Waals surface area contributed by atoms with Gasteiger partial charge in [0.05, 0.1) is 6.04 Å². The topological polar surface area (TPSA) is 50.8 Å². The van der Waals surface area contributed by atoms with Gasteiger partial charge in [-0.25, -0.2) is 0 Å². The molecular formula is C20H21F3N2O3. The number of carbonyl (C=O) groups excluding carboxylic acids is 1. The average molecular weight is 394 g/mol. The van der Waals surface area contributed by atoms with Gasteiger partial charge >= 0.3 is 12.3 Å². The molecule has 3 rings (SSSR count). The van der Waals surface area contributed by atoms with Crippen molar-refractivity contribution in [2.24, 2.45) is 0 Å². The fourth-order valence-electron chi connectivity index (χ4n) is 3.29. The van der Waals surface area contributed by atoms with Gasteiger partial charge in [0.15, 0.2) is 0 Å². The summed E-state index contributed by atoms with van der Waals surface area (Å²) in [6.45, 7) is 4.60. The van der Waals surface area contributed by atoms with Crippen molar-refractivity contribution in [3.05, 3.63) is 59.7 Å². The number of ether oxygens (including phenoxy) is 2. The van der Waals surface area contributed by atoms with Gasteiger partial charge in [0.2, 0.25) is 0 Å². The van der Waals surface area contributed by atoms with Crippen LogP contribution in [0.15, 0.2) is 48.5 Å². The Hall–Kier alpha value is -2.58. The Labute approximate surface area is 161 Å². The van der Waals surface area contributed by atoms with E-state index in [0.29, 0.717) is 5.75 Å². The molecule has 1 aliphatic rings. The third-order valence-corrected chi connectivity index (χ3v) is 4.40. The van der Waals surface area contributed by atoms with E-state index in [4.69, 9.17) is 4.74 Å². The number of halogens is 3. The molecule has 0 spiro atoms. The second-order valence-corrected chi connectivity index (χ2v) is 6.47. The Morgan fingerprint density at radius 1 is 0.964 bits per heavy atom. The molecule has 5 nitrogen and oxygen atoms in total. The Balaban J connectivity index is 1.87. The zero-order valence-electron chi connectivity index (χ0n) is 15.3. The van der Waals surface area contributed by atoms with Crippen molar-refractivity contribution in [1.82, 2.24) is 10.2 Å². The van der Waals surface area contributed by atoms with Crippen LogP contribution in [0.2, 0.25) is 0 Å². The van der Waals surface area contributed by atoms with E-state index in [1.54, 1.807) is 24.3 Å². The number of hydrogen-bond donors (Lipinski definition) is 1. The fraction of sp³-hybridized carbons (Fsp3) is 0.350. The number of esters is 1. The second kappa shape index (κ2) is 8.62. The molecule has 28 heavy (non-hydrogen) atoms. The summed E-state index contributed by atoms with van der Waals surface area (Å²) < 4.78 is 46.3. The van der Waals surface area contributed by atoms with Crippen molar-refractivity contribution < 1.29 is 27.4 Å². The quantitative estimate of drug-likeness (QED) is 0.621. The summed E-state index contributed by atoms with van der Waals surface area (Å²) in [6.07, 6.45) is -4.72. The number of nitrogens with zero attached hydrogens (tertiary/aromatic N) is 1. The van der Waals surface area contributed by atoms with Gasteiger partial charge < -0.3 is 14.8 Å². The Bertz CT molecular complexity index is 786. The average Bonchev–Trinajstić information content (AvgIpc) is 2.64. The van der Waals surface area contributed by atoms with E-state index in [9.17, 15) is 18.0 Å². The first-order chi connectivity index (χ1) is 13.3. The number of benzene rings is 2. The van der Waals surface area contributed by atoms with Gasteiger partial charge in [0.1, 0.15) is 11.5 Å². The summed E-state index contributed by atoms with van der Waals surface area (Å²) in [6, 6.07) is 13.0. The molecule has 0 bridgehead atoms. The summed E-state index contributed by atoms with van der Waals surface area (Å²) in [7, 11) is 0. The van der Waals surface area contributed by atoms with E-state index in [-0.39, 0.29) is 11.8 Å². The van der Waals surface area contributed by atoms with E-state index >= 15 is 0 Å². The smallest absolute Gasteiger partial charge is 0.427 e. The molecule has 0 saturated carbocycles. The maximum atomic E-state index is 12.4. The molecule has 1 aliphatic heterocycles. The van der Waals surface area contributed by atoms with Gasteiger partial charge in [0.25, 0.3) is 0 Å². The van der Waals surface area contributed by atoms with E-state index in [2.05, 4.69) is 15.0 Å². The molecule has 1 heterocycles. The van der Waals surface area contributed by atoms with Crippen LogP contribution in [0.3, 0.4) is 0 Å². The maximum Gasteiger partial charge on any atom is 0.573 e. The zero-order chi connectivity index (χ0) is 20.1. The van der Waals surface area contributed by atoms with Crippen molar-refractivity contribution in [3.63, 3.8) is 0 Å². The lowest BCUT2D eigenvalue weighted by Gasteiger charge is -2.35. The number of rotatable bonds is 5. The van der Waals surface area contributed by atoms with Gasteiger partial charge in [0, 0.05) is 33.1 Å². The minimum absolute atomic E-state index is 0.131.